The zero-order valence-electron chi connectivity index (χ0n) is 13.3. The molecule has 0 bridgehead atoms. The minimum atomic E-state index is -0.0973. The Morgan fingerprint density at radius 3 is 3.00 bits per heavy atom. The summed E-state index contributed by atoms with van der Waals surface area (Å²) in [7, 11) is 0. The van der Waals surface area contributed by atoms with Gasteiger partial charge < -0.3 is 9.72 Å². The predicted molar refractivity (Wildman–Crippen MR) is 84.2 cm³/mol. The van der Waals surface area contributed by atoms with Crippen molar-refractivity contribution in [2.75, 3.05) is 0 Å². The molecule has 118 valence electrons. The van der Waals surface area contributed by atoms with Crippen LogP contribution in [0.25, 0.3) is 5.52 Å². The number of amides is 1. The van der Waals surface area contributed by atoms with Crippen molar-refractivity contribution in [3.8, 4) is 0 Å². The van der Waals surface area contributed by atoms with Crippen LogP contribution in [0.15, 0.2) is 24.9 Å². The monoisotopic (exact) mass is 310 g/mol. The van der Waals surface area contributed by atoms with Crippen molar-refractivity contribution in [2.45, 2.75) is 39.3 Å². The minimum Gasteiger partial charge on any atom is -0.342 e. The van der Waals surface area contributed by atoms with Crippen LogP contribution in [-0.2, 0) is 0 Å². The average molecular weight is 310 g/mol. The first kappa shape index (κ1) is 13.9. The van der Waals surface area contributed by atoms with E-state index in [1.54, 1.807) is 18.7 Å². The lowest BCUT2D eigenvalue weighted by atomic mass is 10.1. The van der Waals surface area contributed by atoms with E-state index in [9.17, 15) is 4.79 Å². The first-order valence-electron chi connectivity index (χ1n) is 7.69. The Labute approximate surface area is 133 Å². The predicted octanol–water partition coefficient (Wildman–Crippen LogP) is 1.98. The van der Waals surface area contributed by atoms with Crippen LogP contribution < -0.4 is 5.32 Å². The van der Waals surface area contributed by atoms with Gasteiger partial charge in [0.1, 0.15) is 12.2 Å². The lowest BCUT2D eigenvalue weighted by Crippen LogP contribution is -2.28. The summed E-state index contributed by atoms with van der Waals surface area (Å²) in [6.45, 7) is 5.99. The maximum atomic E-state index is 12.8. The summed E-state index contributed by atoms with van der Waals surface area (Å²) in [6.07, 6.45) is 7.74. The molecule has 2 unspecified atom stereocenters. The molecule has 0 aliphatic carbocycles. The van der Waals surface area contributed by atoms with E-state index in [1.165, 1.54) is 0 Å². The molecule has 0 spiro atoms. The largest absolute Gasteiger partial charge is 0.342 e. The smallest absolute Gasteiger partial charge is 0.253 e. The fraction of sp³-hybridized carbons (Fsp3) is 0.375. The van der Waals surface area contributed by atoms with E-state index in [4.69, 9.17) is 0 Å². The molecule has 1 aliphatic rings. The average Bonchev–Trinajstić information content (AvgIpc) is 3.18. The Morgan fingerprint density at radius 2 is 2.22 bits per heavy atom. The number of carbonyl (C=O) groups excluding carboxylic acids is 1. The number of rotatable bonds is 2. The van der Waals surface area contributed by atoms with Gasteiger partial charge in [0.25, 0.3) is 5.91 Å². The number of nitrogens with one attached hydrogen (secondary N) is 1. The molecule has 1 aliphatic heterocycles. The van der Waals surface area contributed by atoms with Gasteiger partial charge >= 0.3 is 0 Å². The molecule has 0 fully saturated rings. The van der Waals surface area contributed by atoms with Gasteiger partial charge in [-0.1, -0.05) is 0 Å². The van der Waals surface area contributed by atoms with E-state index in [1.807, 2.05) is 29.1 Å². The highest BCUT2D eigenvalue weighted by atomic mass is 16.1. The molecule has 7 nitrogen and oxygen atoms in total. The van der Waals surface area contributed by atoms with Crippen LogP contribution >= 0.6 is 0 Å². The van der Waals surface area contributed by atoms with Gasteiger partial charge in [-0.05, 0) is 32.8 Å². The van der Waals surface area contributed by atoms with Crippen LogP contribution in [0.1, 0.15) is 52.9 Å². The number of hydrogen-bond acceptors (Lipinski definition) is 4. The molecule has 0 saturated carbocycles. The molecule has 7 heteroatoms. The normalized spacial score (nSPS) is 20.0. The molecule has 2 atom stereocenters. The third kappa shape index (κ3) is 1.96. The summed E-state index contributed by atoms with van der Waals surface area (Å²) in [5.74, 6) is 0.754. The standard InChI is InChI=1S/C16H18N6O/c1-9-6-12(15-18-8-19-22(9)15)20-16(23)14-10(2)13-7-17-4-5-21(13)11(14)3/h4-5,7-9,12H,6H2,1-3H3,(H,20,23). The quantitative estimate of drug-likeness (QED) is 0.785. The van der Waals surface area contributed by atoms with Gasteiger partial charge in [-0.3, -0.25) is 9.78 Å². The maximum Gasteiger partial charge on any atom is 0.253 e. The number of nitrogens with zero attached hydrogens (tertiary/aromatic N) is 5. The lowest BCUT2D eigenvalue weighted by Gasteiger charge is -2.12. The second-order valence-electron chi connectivity index (χ2n) is 6.09. The summed E-state index contributed by atoms with van der Waals surface area (Å²) in [5.41, 5.74) is 3.53. The Morgan fingerprint density at radius 1 is 1.39 bits per heavy atom. The highest BCUT2D eigenvalue weighted by molar-refractivity contribution is 5.99. The summed E-state index contributed by atoms with van der Waals surface area (Å²) >= 11 is 0. The topological polar surface area (TPSA) is 77.1 Å². The second kappa shape index (κ2) is 4.91. The second-order valence-corrected chi connectivity index (χ2v) is 6.09. The number of aromatic nitrogens is 5. The summed E-state index contributed by atoms with van der Waals surface area (Å²) in [4.78, 5) is 21.3. The van der Waals surface area contributed by atoms with E-state index >= 15 is 0 Å². The molecule has 1 amide bonds. The van der Waals surface area contributed by atoms with Crippen molar-refractivity contribution in [3.63, 3.8) is 0 Å². The molecule has 0 radical (unpaired) electrons. The lowest BCUT2D eigenvalue weighted by molar-refractivity contribution is 0.0934. The van der Waals surface area contributed by atoms with Crippen molar-refractivity contribution < 1.29 is 4.79 Å². The summed E-state index contributed by atoms with van der Waals surface area (Å²) in [6, 6.07) is 0.150. The van der Waals surface area contributed by atoms with Crippen molar-refractivity contribution in [1.29, 1.82) is 0 Å². The van der Waals surface area contributed by atoms with Gasteiger partial charge in [-0.2, -0.15) is 5.10 Å². The first-order chi connectivity index (χ1) is 11.1. The fourth-order valence-electron chi connectivity index (χ4n) is 3.53. The van der Waals surface area contributed by atoms with Crippen LogP contribution in [-0.4, -0.2) is 30.1 Å². The zero-order valence-corrected chi connectivity index (χ0v) is 13.3. The van der Waals surface area contributed by atoms with Gasteiger partial charge in [0, 0.05) is 18.1 Å². The Bertz CT molecular complexity index is 870. The Balaban J connectivity index is 1.69. The van der Waals surface area contributed by atoms with Crippen LogP contribution in [0.4, 0.5) is 0 Å². The Kier molecular flexibility index (Phi) is 2.97. The third-order valence-electron chi connectivity index (χ3n) is 4.68. The molecular formula is C16H18N6O. The van der Waals surface area contributed by atoms with E-state index in [0.29, 0.717) is 5.56 Å². The van der Waals surface area contributed by atoms with Crippen LogP contribution in [0, 0.1) is 13.8 Å². The number of aryl methyl sites for hydroxylation is 2. The number of fused-ring (bicyclic) bond motifs is 2. The zero-order chi connectivity index (χ0) is 16.1. The van der Waals surface area contributed by atoms with Crippen molar-refractivity contribution >= 4 is 11.4 Å². The van der Waals surface area contributed by atoms with E-state index in [0.717, 1.165) is 29.0 Å². The molecular weight excluding hydrogens is 292 g/mol. The first-order valence-corrected chi connectivity index (χ1v) is 7.69. The van der Waals surface area contributed by atoms with Gasteiger partial charge in [0.15, 0.2) is 0 Å². The summed E-state index contributed by atoms with van der Waals surface area (Å²) < 4.78 is 3.88. The van der Waals surface area contributed by atoms with Crippen molar-refractivity contribution in [2.24, 2.45) is 0 Å². The van der Waals surface area contributed by atoms with Crippen molar-refractivity contribution in [3.05, 3.63) is 47.6 Å². The van der Waals surface area contributed by atoms with Crippen LogP contribution in [0.5, 0.6) is 0 Å². The number of hydrogen-bond donors (Lipinski definition) is 1. The van der Waals surface area contributed by atoms with Crippen molar-refractivity contribution in [1.82, 2.24) is 29.5 Å². The van der Waals surface area contributed by atoms with Crippen LogP contribution in [0.3, 0.4) is 0 Å². The maximum absolute atomic E-state index is 12.8. The molecule has 3 aromatic rings. The Hall–Kier alpha value is -2.70. The third-order valence-corrected chi connectivity index (χ3v) is 4.68. The fourth-order valence-corrected chi connectivity index (χ4v) is 3.53. The van der Waals surface area contributed by atoms with E-state index < -0.39 is 0 Å². The van der Waals surface area contributed by atoms with Gasteiger partial charge in [0.05, 0.1) is 29.4 Å². The molecule has 4 rings (SSSR count). The van der Waals surface area contributed by atoms with E-state index in [2.05, 4.69) is 27.3 Å². The highest BCUT2D eigenvalue weighted by Gasteiger charge is 2.32. The van der Waals surface area contributed by atoms with E-state index in [-0.39, 0.29) is 18.0 Å². The molecule has 1 N–H and O–H groups in total. The summed E-state index contributed by atoms with van der Waals surface area (Å²) in [5, 5.41) is 7.33. The van der Waals surface area contributed by atoms with Crippen LogP contribution in [0.2, 0.25) is 0 Å². The van der Waals surface area contributed by atoms with Gasteiger partial charge in [-0.15, -0.1) is 0 Å². The highest BCUT2D eigenvalue weighted by Crippen LogP contribution is 2.32. The SMILES string of the molecule is Cc1c(C(=O)NC2CC(C)n3ncnc32)c(C)n2ccncc12. The molecule has 3 aromatic heterocycles. The number of carbonyl (C=O) groups is 1. The molecule has 0 saturated heterocycles. The molecule has 23 heavy (non-hydrogen) atoms. The molecule has 0 aromatic carbocycles. The van der Waals surface area contributed by atoms with Gasteiger partial charge in [-0.25, -0.2) is 9.67 Å². The molecule has 4 heterocycles. The minimum absolute atomic E-state index is 0.0719. The van der Waals surface area contributed by atoms with Gasteiger partial charge in [0.2, 0.25) is 0 Å².